The Morgan fingerprint density at radius 1 is 1.41 bits per heavy atom. The lowest BCUT2D eigenvalue weighted by molar-refractivity contribution is 0.617. The summed E-state index contributed by atoms with van der Waals surface area (Å²) < 4.78 is 15.4. The monoisotopic (exact) mass is 233 g/mol. The third-order valence-corrected chi connectivity index (χ3v) is 2.67. The molecule has 0 aliphatic rings. The maximum atomic E-state index is 13.5. The van der Waals surface area contributed by atoms with E-state index in [4.69, 9.17) is 0 Å². The fourth-order valence-electron chi connectivity index (χ4n) is 1.72. The second-order valence-corrected chi connectivity index (χ2v) is 3.93. The molecule has 1 aromatic heterocycles. The minimum Gasteiger partial charge on any atom is -0.355 e. The number of imidazole rings is 1. The summed E-state index contributed by atoms with van der Waals surface area (Å²) in [6, 6.07) is 5.06. The van der Waals surface area contributed by atoms with Crippen molar-refractivity contribution in [2.24, 2.45) is 0 Å². The van der Waals surface area contributed by atoms with Crippen LogP contribution in [0.3, 0.4) is 0 Å². The Bertz CT molecular complexity index is 505. The molecule has 1 N–H and O–H groups in total. The average molecular weight is 233 g/mol. The van der Waals surface area contributed by atoms with Crippen LogP contribution in [0.1, 0.15) is 18.9 Å². The topological polar surface area (TPSA) is 29.9 Å². The van der Waals surface area contributed by atoms with Gasteiger partial charge in [-0.15, -0.1) is 0 Å². The predicted octanol–water partition coefficient (Wildman–Crippen LogP) is 3.14. The average Bonchev–Trinajstić information content (AvgIpc) is 2.78. The Hall–Kier alpha value is -1.84. The zero-order chi connectivity index (χ0) is 12.3. The largest absolute Gasteiger partial charge is 0.355 e. The molecule has 0 amide bonds. The highest BCUT2D eigenvalue weighted by Crippen LogP contribution is 2.20. The number of benzene rings is 1. The molecule has 0 spiro atoms. The van der Waals surface area contributed by atoms with Gasteiger partial charge in [-0.1, -0.05) is 13.0 Å². The van der Waals surface area contributed by atoms with Crippen molar-refractivity contribution in [1.82, 2.24) is 9.55 Å². The molecule has 2 aromatic rings. The van der Waals surface area contributed by atoms with Crippen molar-refractivity contribution in [1.29, 1.82) is 0 Å². The molecule has 0 aliphatic carbocycles. The van der Waals surface area contributed by atoms with Gasteiger partial charge in [-0.2, -0.15) is 0 Å². The first kappa shape index (κ1) is 11.6. The van der Waals surface area contributed by atoms with Gasteiger partial charge in [0.05, 0.1) is 5.69 Å². The number of nitrogens with zero attached hydrogens (tertiary/aromatic N) is 2. The van der Waals surface area contributed by atoms with Crippen LogP contribution in [-0.2, 0) is 0 Å². The van der Waals surface area contributed by atoms with Gasteiger partial charge >= 0.3 is 0 Å². The van der Waals surface area contributed by atoms with Crippen LogP contribution >= 0.6 is 0 Å². The van der Waals surface area contributed by atoms with Crippen LogP contribution in [0, 0.1) is 12.7 Å². The van der Waals surface area contributed by atoms with Crippen molar-refractivity contribution in [3.63, 3.8) is 0 Å². The summed E-state index contributed by atoms with van der Waals surface area (Å²) in [7, 11) is 0. The highest BCUT2D eigenvalue weighted by atomic mass is 19.1. The maximum Gasteiger partial charge on any atom is 0.207 e. The summed E-state index contributed by atoms with van der Waals surface area (Å²) in [5, 5.41) is 3.22. The molecule has 0 aliphatic heterocycles. The van der Waals surface area contributed by atoms with Crippen LogP contribution in [0.5, 0.6) is 0 Å². The van der Waals surface area contributed by atoms with Crippen LogP contribution in [0.2, 0.25) is 0 Å². The van der Waals surface area contributed by atoms with Crippen LogP contribution in [0.4, 0.5) is 10.3 Å². The number of hydrogen-bond acceptors (Lipinski definition) is 2. The van der Waals surface area contributed by atoms with Gasteiger partial charge in [0.2, 0.25) is 5.95 Å². The van der Waals surface area contributed by atoms with E-state index < -0.39 is 0 Å². The van der Waals surface area contributed by atoms with Gasteiger partial charge in [-0.25, -0.2) is 9.37 Å². The summed E-state index contributed by atoms with van der Waals surface area (Å²) in [5.74, 6) is 0.554. The van der Waals surface area contributed by atoms with E-state index in [1.807, 2.05) is 16.8 Å². The smallest absolute Gasteiger partial charge is 0.207 e. The van der Waals surface area contributed by atoms with Gasteiger partial charge in [0, 0.05) is 24.5 Å². The lowest BCUT2D eigenvalue weighted by atomic mass is 10.2. The van der Waals surface area contributed by atoms with E-state index in [1.165, 1.54) is 6.07 Å². The van der Waals surface area contributed by atoms with Crippen LogP contribution < -0.4 is 5.32 Å². The van der Waals surface area contributed by atoms with Crippen LogP contribution in [0.15, 0.2) is 30.6 Å². The van der Waals surface area contributed by atoms with E-state index in [0.29, 0.717) is 5.56 Å². The van der Waals surface area contributed by atoms with E-state index in [2.05, 4.69) is 17.2 Å². The quantitative estimate of drug-likeness (QED) is 0.879. The summed E-state index contributed by atoms with van der Waals surface area (Å²) in [6.07, 6.45) is 4.57. The summed E-state index contributed by atoms with van der Waals surface area (Å²) in [4.78, 5) is 4.23. The highest BCUT2D eigenvalue weighted by Gasteiger charge is 2.08. The molecule has 3 nitrogen and oxygen atoms in total. The number of halogens is 1. The number of hydrogen-bond donors (Lipinski definition) is 1. The first-order valence-corrected chi connectivity index (χ1v) is 5.76. The lowest BCUT2D eigenvalue weighted by Crippen LogP contribution is -2.07. The zero-order valence-corrected chi connectivity index (χ0v) is 10.1. The normalized spacial score (nSPS) is 10.5. The van der Waals surface area contributed by atoms with Crippen molar-refractivity contribution in [3.05, 3.63) is 42.0 Å². The molecule has 17 heavy (non-hydrogen) atoms. The second kappa shape index (κ2) is 4.99. The third kappa shape index (κ3) is 2.30. The fourth-order valence-corrected chi connectivity index (χ4v) is 1.72. The molecule has 0 radical (unpaired) electrons. The summed E-state index contributed by atoms with van der Waals surface area (Å²) in [5.41, 5.74) is 1.45. The van der Waals surface area contributed by atoms with E-state index in [9.17, 15) is 4.39 Å². The Morgan fingerprint density at radius 3 is 3.00 bits per heavy atom. The van der Waals surface area contributed by atoms with Crippen molar-refractivity contribution < 1.29 is 4.39 Å². The lowest BCUT2D eigenvalue weighted by Gasteiger charge is -2.11. The summed E-state index contributed by atoms with van der Waals surface area (Å²) >= 11 is 0. The molecular formula is C13H16FN3. The van der Waals surface area contributed by atoms with E-state index in [0.717, 1.165) is 24.6 Å². The Morgan fingerprint density at radius 2 is 2.24 bits per heavy atom. The van der Waals surface area contributed by atoms with Gasteiger partial charge in [-0.3, -0.25) is 4.57 Å². The van der Waals surface area contributed by atoms with Crippen molar-refractivity contribution in [3.8, 4) is 5.69 Å². The minimum absolute atomic E-state index is 0.197. The Labute approximate surface area is 100 Å². The first-order valence-electron chi connectivity index (χ1n) is 5.76. The number of nitrogens with one attached hydrogen (secondary N) is 1. The molecule has 2 rings (SSSR count). The van der Waals surface area contributed by atoms with Gasteiger partial charge in [0.25, 0.3) is 0 Å². The molecule has 0 unspecified atom stereocenters. The molecule has 0 fully saturated rings. The van der Waals surface area contributed by atoms with Crippen LogP contribution in [-0.4, -0.2) is 16.1 Å². The van der Waals surface area contributed by atoms with Gasteiger partial charge < -0.3 is 5.32 Å². The molecule has 0 saturated heterocycles. The van der Waals surface area contributed by atoms with Gasteiger partial charge in [0.15, 0.2) is 0 Å². The first-order chi connectivity index (χ1) is 8.24. The Balaban J connectivity index is 2.39. The van der Waals surface area contributed by atoms with Gasteiger partial charge in [0.1, 0.15) is 5.82 Å². The number of anilines is 1. The molecule has 0 bridgehead atoms. The van der Waals surface area contributed by atoms with E-state index >= 15 is 0 Å². The SMILES string of the molecule is CCCNc1nccn1-c1cccc(F)c1C. The third-order valence-electron chi connectivity index (χ3n) is 2.67. The zero-order valence-electron chi connectivity index (χ0n) is 10.1. The number of aromatic nitrogens is 2. The molecule has 1 aromatic carbocycles. The van der Waals surface area contributed by atoms with Crippen molar-refractivity contribution in [2.45, 2.75) is 20.3 Å². The molecule has 1 heterocycles. The predicted molar refractivity (Wildman–Crippen MR) is 67.0 cm³/mol. The molecule has 0 saturated carbocycles. The fraction of sp³-hybridized carbons (Fsp3) is 0.308. The number of rotatable bonds is 4. The molecule has 4 heteroatoms. The maximum absolute atomic E-state index is 13.5. The van der Waals surface area contributed by atoms with E-state index in [-0.39, 0.29) is 5.82 Å². The van der Waals surface area contributed by atoms with E-state index in [1.54, 1.807) is 19.2 Å². The Kier molecular flexibility index (Phi) is 3.42. The standard InChI is InChI=1S/C13H16FN3/c1-3-7-15-13-16-8-9-17(13)12-6-4-5-11(14)10(12)2/h4-6,8-9H,3,7H2,1-2H3,(H,15,16). The summed E-state index contributed by atoms with van der Waals surface area (Å²) in [6.45, 7) is 4.72. The molecule has 90 valence electrons. The van der Waals surface area contributed by atoms with Crippen molar-refractivity contribution >= 4 is 5.95 Å². The van der Waals surface area contributed by atoms with Crippen LogP contribution in [0.25, 0.3) is 5.69 Å². The van der Waals surface area contributed by atoms with Crippen molar-refractivity contribution in [2.75, 3.05) is 11.9 Å². The second-order valence-electron chi connectivity index (χ2n) is 3.93. The highest BCUT2D eigenvalue weighted by molar-refractivity contribution is 5.47. The molecular weight excluding hydrogens is 217 g/mol. The molecule has 0 atom stereocenters. The minimum atomic E-state index is -0.197. The van der Waals surface area contributed by atoms with Gasteiger partial charge in [-0.05, 0) is 25.5 Å².